The van der Waals surface area contributed by atoms with Crippen molar-refractivity contribution in [2.24, 2.45) is 4.99 Å². The van der Waals surface area contributed by atoms with Crippen LogP contribution in [0.15, 0.2) is 58.7 Å². The minimum atomic E-state index is -0.165. The van der Waals surface area contributed by atoms with E-state index in [-0.39, 0.29) is 29.8 Å². The van der Waals surface area contributed by atoms with E-state index < -0.39 is 0 Å². The molecule has 126 valence electrons. The van der Waals surface area contributed by atoms with Gasteiger partial charge >= 0.3 is 0 Å². The zero-order valence-electron chi connectivity index (χ0n) is 13.0. The highest BCUT2D eigenvalue weighted by Crippen LogP contribution is 2.20. The molecule has 0 aliphatic rings. The van der Waals surface area contributed by atoms with Gasteiger partial charge in [-0.15, -0.1) is 35.7 Å². The molecule has 0 saturated carbocycles. The summed E-state index contributed by atoms with van der Waals surface area (Å²) in [7, 11) is 1.75. The first-order valence-corrected chi connectivity index (χ1v) is 8.21. The first-order valence-electron chi connectivity index (χ1n) is 7.22. The van der Waals surface area contributed by atoms with Crippen molar-refractivity contribution >= 4 is 41.7 Å². The number of aromatic nitrogens is 1. The average Bonchev–Trinajstić information content (AvgIpc) is 3.04. The summed E-state index contributed by atoms with van der Waals surface area (Å²) in [6, 6.07) is 10.8. The van der Waals surface area contributed by atoms with Crippen molar-refractivity contribution in [1.82, 2.24) is 15.2 Å². The molecule has 1 aromatic carbocycles. The molecule has 0 aliphatic heterocycles. The van der Waals surface area contributed by atoms with E-state index in [1.54, 1.807) is 19.2 Å². The fourth-order valence-electron chi connectivity index (χ4n) is 1.94. The number of guanidine groups is 1. The third-order valence-corrected chi connectivity index (χ3v) is 4.09. The standard InChI is InChI=1S/C16H21FN4S.HI/c1-18-16(19-8-12-21-10-4-5-11-21)20-9-13-22-15-7-3-2-6-14(15)17;/h2-7,10-11H,8-9,12-13H2,1H3,(H2,18,19,20);1H. The molecule has 0 radical (unpaired) electrons. The quantitative estimate of drug-likeness (QED) is 0.225. The van der Waals surface area contributed by atoms with E-state index in [4.69, 9.17) is 0 Å². The van der Waals surface area contributed by atoms with Crippen LogP contribution in [0.2, 0.25) is 0 Å². The number of nitrogens with zero attached hydrogens (tertiary/aromatic N) is 2. The molecule has 2 N–H and O–H groups in total. The molecular weight excluding hydrogens is 426 g/mol. The molecule has 0 saturated heterocycles. The number of benzene rings is 1. The van der Waals surface area contributed by atoms with Gasteiger partial charge in [0.25, 0.3) is 0 Å². The maximum absolute atomic E-state index is 13.5. The van der Waals surface area contributed by atoms with Crippen LogP contribution in [0.1, 0.15) is 0 Å². The summed E-state index contributed by atoms with van der Waals surface area (Å²) in [5.74, 6) is 1.38. The van der Waals surface area contributed by atoms with Crippen LogP contribution in [0.5, 0.6) is 0 Å². The average molecular weight is 448 g/mol. The molecule has 0 bridgehead atoms. The number of halogens is 2. The zero-order valence-corrected chi connectivity index (χ0v) is 16.2. The van der Waals surface area contributed by atoms with E-state index in [2.05, 4.69) is 20.2 Å². The van der Waals surface area contributed by atoms with Crippen molar-refractivity contribution in [3.8, 4) is 0 Å². The summed E-state index contributed by atoms with van der Waals surface area (Å²) in [5, 5.41) is 6.48. The molecule has 1 heterocycles. The summed E-state index contributed by atoms with van der Waals surface area (Å²) < 4.78 is 15.6. The predicted molar refractivity (Wildman–Crippen MR) is 106 cm³/mol. The van der Waals surface area contributed by atoms with Crippen LogP contribution < -0.4 is 10.6 Å². The maximum atomic E-state index is 13.5. The Hall–Kier alpha value is -1.22. The summed E-state index contributed by atoms with van der Waals surface area (Å²) in [6.45, 7) is 2.41. The highest BCUT2D eigenvalue weighted by atomic mass is 127. The van der Waals surface area contributed by atoms with Crippen molar-refractivity contribution < 1.29 is 4.39 Å². The van der Waals surface area contributed by atoms with Gasteiger partial charge in [-0.1, -0.05) is 12.1 Å². The van der Waals surface area contributed by atoms with Gasteiger partial charge in [0.05, 0.1) is 0 Å². The number of thioether (sulfide) groups is 1. The second-order valence-electron chi connectivity index (χ2n) is 4.63. The summed E-state index contributed by atoms with van der Waals surface area (Å²) >= 11 is 1.50. The Kier molecular flexibility index (Phi) is 9.77. The third-order valence-electron chi connectivity index (χ3n) is 3.04. The Bertz CT molecular complexity index is 590. The number of aliphatic imine (C=N–C) groups is 1. The first-order chi connectivity index (χ1) is 10.8. The second kappa shape index (κ2) is 11.3. The monoisotopic (exact) mass is 448 g/mol. The van der Waals surface area contributed by atoms with Crippen molar-refractivity contribution in [3.63, 3.8) is 0 Å². The molecule has 2 aromatic rings. The molecule has 0 aliphatic carbocycles. The van der Waals surface area contributed by atoms with Crippen molar-refractivity contribution in [2.75, 3.05) is 25.9 Å². The molecule has 23 heavy (non-hydrogen) atoms. The van der Waals surface area contributed by atoms with Crippen LogP contribution in [0.3, 0.4) is 0 Å². The molecular formula is C16H22FIN4S. The smallest absolute Gasteiger partial charge is 0.191 e. The lowest BCUT2D eigenvalue weighted by atomic mass is 10.3. The van der Waals surface area contributed by atoms with E-state index in [0.717, 1.165) is 31.3 Å². The fraction of sp³-hybridized carbons (Fsp3) is 0.312. The van der Waals surface area contributed by atoms with Crippen LogP contribution in [0.25, 0.3) is 0 Å². The lowest BCUT2D eigenvalue weighted by molar-refractivity contribution is 0.602. The van der Waals surface area contributed by atoms with E-state index in [9.17, 15) is 4.39 Å². The molecule has 4 nitrogen and oxygen atoms in total. The maximum Gasteiger partial charge on any atom is 0.191 e. The van der Waals surface area contributed by atoms with E-state index in [1.807, 2.05) is 30.6 Å². The largest absolute Gasteiger partial charge is 0.356 e. The third kappa shape index (κ3) is 7.26. The zero-order chi connectivity index (χ0) is 15.6. The van der Waals surface area contributed by atoms with E-state index in [1.165, 1.54) is 17.8 Å². The Labute approximate surface area is 158 Å². The minimum absolute atomic E-state index is 0. The molecule has 0 amide bonds. The number of hydrogen-bond donors (Lipinski definition) is 2. The van der Waals surface area contributed by atoms with Gasteiger partial charge < -0.3 is 15.2 Å². The van der Waals surface area contributed by atoms with Crippen molar-refractivity contribution in [3.05, 3.63) is 54.6 Å². The van der Waals surface area contributed by atoms with Crippen LogP contribution in [-0.4, -0.2) is 36.4 Å². The van der Waals surface area contributed by atoms with Crippen LogP contribution in [0.4, 0.5) is 4.39 Å². The van der Waals surface area contributed by atoms with Crippen LogP contribution in [-0.2, 0) is 6.54 Å². The Morgan fingerprint density at radius 1 is 1.13 bits per heavy atom. The Balaban J connectivity index is 0.00000264. The summed E-state index contributed by atoms with van der Waals surface area (Å²) in [6.07, 6.45) is 4.06. The highest BCUT2D eigenvalue weighted by Gasteiger charge is 2.01. The second-order valence-corrected chi connectivity index (χ2v) is 5.76. The van der Waals surface area contributed by atoms with Gasteiger partial charge in [-0.2, -0.15) is 0 Å². The molecule has 0 fully saturated rings. The molecule has 2 rings (SSSR count). The van der Waals surface area contributed by atoms with Gasteiger partial charge in [-0.05, 0) is 24.3 Å². The molecule has 1 aromatic heterocycles. The SMILES string of the molecule is CN=C(NCCSc1ccccc1F)NCCn1cccc1.I. The predicted octanol–water partition coefficient (Wildman–Crippen LogP) is 3.20. The molecule has 0 unspecified atom stereocenters. The van der Waals surface area contributed by atoms with Gasteiger partial charge in [0.15, 0.2) is 5.96 Å². The topological polar surface area (TPSA) is 41.4 Å². The minimum Gasteiger partial charge on any atom is -0.356 e. The lowest BCUT2D eigenvalue weighted by Crippen LogP contribution is -2.39. The van der Waals surface area contributed by atoms with Gasteiger partial charge in [0.2, 0.25) is 0 Å². The lowest BCUT2D eigenvalue weighted by Gasteiger charge is -2.12. The van der Waals surface area contributed by atoms with Crippen LogP contribution >= 0.6 is 35.7 Å². The Morgan fingerprint density at radius 2 is 1.83 bits per heavy atom. The van der Waals surface area contributed by atoms with Crippen LogP contribution in [0, 0.1) is 5.82 Å². The van der Waals surface area contributed by atoms with Gasteiger partial charge in [0, 0.05) is 49.7 Å². The summed E-state index contributed by atoms with van der Waals surface area (Å²) in [5.41, 5.74) is 0. The van der Waals surface area contributed by atoms with E-state index in [0.29, 0.717) is 4.90 Å². The number of rotatable bonds is 7. The fourth-order valence-corrected chi connectivity index (χ4v) is 2.74. The molecule has 0 atom stereocenters. The van der Waals surface area contributed by atoms with E-state index >= 15 is 0 Å². The Morgan fingerprint density at radius 3 is 2.52 bits per heavy atom. The van der Waals surface area contributed by atoms with Crippen molar-refractivity contribution in [2.45, 2.75) is 11.4 Å². The number of nitrogens with one attached hydrogen (secondary N) is 2. The van der Waals surface area contributed by atoms with Gasteiger partial charge in [-0.3, -0.25) is 4.99 Å². The molecule has 7 heteroatoms. The summed E-state index contributed by atoms with van der Waals surface area (Å²) in [4.78, 5) is 4.85. The highest BCUT2D eigenvalue weighted by molar-refractivity contribution is 14.0. The van der Waals surface area contributed by atoms with Gasteiger partial charge in [-0.25, -0.2) is 4.39 Å². The molecule has 0 spiro atoms. The first kappa shape index (κ1) is 19.8. The van der Waals surface area contributed by atoms with Crippen molar-refractivity contribution in [1.29, 1.82) is 0 Å². The van der Waals surface area contributed by atoms with Gasteiger partial charge in [0.1, 0.15) is 5.82 Å². The number of hydrogen-bond acceptors (Lipinski definition) is 2. The normalized spacial score (nSPS) is 11.0.